The van der Waals surface area contributed by atoms with E-state index in [0.717, 1.165) is 49.3 Å². The maximum Gasteiger partial charge on any atom is 0.168 e. The highest BCUT2D eigenvalue weighted by Gasteiger charge is 2.47. The Kier molecular flexibility index (Phi) is 6.19. The van der Waals surface area contributed by atoms with E-state index in [-0.39, 0.29) is 18.3 Å². The van der Waals surface area contributed by atoms with Crippen LogP contribution in [-0.4, -0.2) is 48.5 Å². The molecule has 0 amide bonds. The zero-order chi connectivity index (χ0) is 23.0. The summed E-state index contributed by atoms with van der Waals surface area (Å²) in [6.45, 7) is 8.37. The second-order valence-corrected chi connectivity index (χ2v) is 10.3. The molecule has 3 unspecified atom stereocenters. The Bertz CT molecular complexity index is 986. The number of rotatable bonds is 6. The fourth-order valence-electron chi connectivity index (χ4n) is 5.94. The largest absolute Gasteiger partial charge is 0.368 e. The molecule has 3 aliphatic carbocycles. The van der Waals surface area contributed by atoms with E-state index in [9.17, 15) is 8.78 Å². The summed E-state index contributed by atoms with van der Waals surface area (Å²) in [5.74, 6) is 0.605. The summed E-state index contributed by atoms with van der Waals surface area (Å²) >= 11 is 0. The molecule has 5 rings (SSSR count). The first-order chi connectivity index (χ1) is 16.0. The van der Waals surface area contributed by atoms with Crippen molar-refractivity contribution in [1.29, 1.82) is 0 Å². The van der Waals surface area contributed by atoms with Crippen LogP contribution in [0.15, 0.2) is 62.6 Å². The van der Waals surface area contributed by atoms with Gasteiger partial charge in [0.15, 0.2) is 17.8 Å². The molecule has 1 saturated heterocycles. The summed E-state index contributed by atoms with van der Waals surface area (Å²) in [7, 11) is 0. The molecule has 3 fully saturated rings. The smallest absolute Gasteiger partial charge is 0.168 e. The fraction of sp³-hybridized carbons (Fsp3) is 0.593. The number of allylic oxidation sites excluding steroid dienone is 5. The minimum absolute atomic E-state index is 0.160. The molecule has 176 valence electrons. The van der Waals surface area contributed by atoms with Gasteiger partial charge in [-0.05, 0) is 49.7 Å². The molecule has 0 radical (unpaired) electrons. The number of halogens is 2. The topological polar surface area (TPSA) is 40.3 Å². The van der Waals surface area contributed by atoms with E-state index in [1.165, 1.54) is 32.1 Å². The lowest BCUT2D eigenvalue weighted by Crippen LogP contribution is -2.56. The molecule has 33 heavy (non-hydrogen) atoms. The second kappa shape index (κ2) is 9.11. The minimum Gasteiger partial charge on any atom is -0.368 e. The predicted octanol–water partition coefficient (Wildman–Crippen LogP) is 6.14. The summed E-state index contributed by atoms with van der Waals surface area (Å²) in [5, 5.41) is 0. The Balaban J connectivity index is 1.27. The average Bonchev–Trinajstić information content (AvgIpc) is 3.61. The van der Waals surface area contributed by atoms with Gasteiger partial charge in [0, 0.05) is 50.3 Å². The summed E-state index contributed by atoms with van der Waals surface area (Å²) in [6.07, 6.45) is 14.2. The van der Waals surface area contributed by atoms with E-state index in [0.29, 0.717) is 16.9 Å². The number of hydrogen-bond acceptors (Lipinski definition) is 4. The van der Waals surface area contributed by atoms with E-state index in [2.05, 4.69) is 26.5 Å². The molecule has 0 bridgehead atoms. The lowest BCUT2D eigenvalue weighted by atomic mass is 9.68. The molecule has 1 spiro atoms. The van der Waals surface area contributed by atoms with Crippen LogP contribution >= 0.6 is 0 Å². The van der Waals surface area contributed by atoms with Crippen LogP contribution in [0.5, 0.6) is 0 Å². The first-order valence-corrected chi connectivity index (χ1v) is 12.4. The molecule has 3 atom stereocenters. The van der Waals surface area contributed by atoms with Crippen molar-refractivity contribution in [3.63, 3.8) is 0 Å². The molecule has 5 aliphatic rings. The summed E-state index contributed by atoms with van der Waals surface area (Å²) in [5.41, 5.74) is 3.69. The van der Waals surface area contributed by atoms with Crippen molar-refractivity contribution in [2.24, 2.45) is 32.2 Å². The zero-order valence-corrected chi connectivity index (χ0v) is 19.6. The van der Waals surface area contributed by atoms with Gasteiger partial charge in [-0.3, -0.25) is 9.98 Å². The standard InChI is InChI=1S/C27H34F2N4/c1-3-19(15-32-18(2)26-30-10-7-11-31-26)21-14-22(21)20-12-23(28)25(29)24(13-20)33-16-27(17-33)8-5-4-6-9-27/h3,10,13,15,21-23H,1,4-9,11-12,14,16-17H2,2H3/b19-15+,32-18?. The Labute approximate surface area is 195 Å². The highest BCUT2D eigenvalue weighted by molar-refractivity contribution is 6.42. The number of likely N-dealkylation sites (tertiary alicyclic amines) is 1. The van der Waals surface area contributed by atoms with Crippen LogP contribution < -0.4 is 0 Å². The summed E-state index contributed by atoms with van der Waals surface area (Å²) < 4.78 is 29.5. The van der Waals surface area contributed by atoms with Gasteiger partial charge in [0.1, 0.15) is 0 Å². The predicted molar refractivity (Wildman–Crippen MR) is 131 cm³/mol. The highest BCUT2D eigenvalue weighted by atomic mass is 19.2. The Hall–Kier alpha value is -2.37. The SMILES string of the molecule is C=C/C(=C\N=C(C)C1=NCCC=N1)C1CC1C1=CC(N2CC3(CCCCC3)C2)=C(F)C(F)C1. The third kappa shape index (κ3) is 4.53. The minimum atomic E-state index is -1.53. The van der Waals surface area contributed by atoms with Gasteiger partial charge in [-0.25, -0.2) is 13.8 Å². The second-order valence-electron chi connectivity index (χ2n) is 10.3. The summed E-state index contributed by atoms with van der Waals surface area (Å²) in [6, 6.07) is 0. The highest BCUT2D eigenvalue weighted by Crippen LogP contribution is 2.53. The first-order valence-electron chi connectivity index (χ1n) is 12.4. The van der Waals surface area contributed by atoms with Crippen molar-refractivity contribution in [3.05, 3.63) is 47.6 Å². The van der Waals surface area contributed by atoms with E-state index >= 15 is 0 Å². The summed E-state index contributed by atoms with van der Waals surface area (Å²) in [4.78, 5) is 15.4. The van der Waals surface area contributed by atoms with Crippen molar-refractivity contribution in [2.45, 2.75) is 64.5 Å². The van der Waals surface area contributed by atoms with Gasteiger partial charge >= 0.3 is 0 Å². The van der Waals surface area contributed by atoms with Crippen molar-refractivity contribution >= 4 is 17.8 Å². The van der Waals surface area contributed by atoms with Gasteiger partial charge in [0.25, 0.3) is 0 Å². The Morgan fingerprint density at radius 3 is 2.76 bits per heavy atom. The molecule has 0 N–H and O–H groups in total. The van der Waals surface area contributed by atoms with Gasteiger partial charge in [-0.2, -0.15) is 0 Å². The van der Waals surface area contributed by atoms with E-state index in [1.54, 1.807) is 0 Å². The normalized spacial score (nSPS) is 31.8. The third-order valence-corrected chi connectivity index (χ3v) is 7.96. The van der Waals surface area contributed by atoms with Crippen LogP contribution in [0.1, 0.15) is 58.3 Å². The maximum atomic E-state index is 14.8. The monoisotopic (exact) mass is 452 g/mol. The number of amidine groups is 1. The molecule has 0 aromatic carbocycles. The van der Waals surface area contributed by atoms with Crippen molar-refractivity contribution in [2.75, 3.05) is 19.6 Å². The van der Waals surface area contributed by atoms with Crippen LogP contribution in [0.2, 0.25) is 0 Å². The van der Waals surface area contributed by atoms with Crippen LogP contribution in [0.3, 0.4) is 0 Å². The molecule has 2 saturated carbocycles. The van der Waals surface area contributed by atoms with E-state index in [1.807, 2.05) is 31.5 Å². The number of aliphatic imine (C=N–C) groups is 3. The average molecular weight is 453 g/mol. The molecule has 2 aliphatic heterocycles. The van der Waals surface area contributed by atoms with Crippen molar-refractivity contribution in [3.8, 4) is 0 Å². The van der Waals surface area contributed by atoms with Gasteiger partial charge in [0.2, 0.25) is 0 Å². The van der Waals surface area contributed by atoms with Crippen molar-refractivity contribution < 1.29 is 8.78 Å². The first kappa shape index (κ1) is 22.4. The van der Waals surface area contributed by atoms with Gasteiger partial charge in [-0.1, -0.05) is 37.5 Å². The van der Waals surface area contributed by atoms with E-state index in [4.69, 9.17) is 0 Å². The molecule has 6 heteroatoms. The molecule has 4 nitrogen and oxygen atoms in total. The number of nitrogens with zero attached hydrogens (tertiary/aromatic N) is 4. The third-order valence-electron chi connectivity index (χ3n) is 7.96. The quantitative estimate of drug-likeness (QED) is 0.352. The molecular formula is C27H34F2N4. The Morgan fingerprint density at radius 1 is 1.27 bits per heavy atom. The van der Waals surface area contributed by atoms with Gasteiger partial charge < -0.3 is 4.90 Å². The maximum absolute atomic E-state index is 14.8. The van der Waals surface area contributed by atoms with Crippen molar-refractivity contribution in [1.82, 2.24) is 4.90 Å². The van der Waals surface area contributed by atoms with Crippen LogP contribution in [0.4, 0.5) is 8.78 Å². The zero-order valence-electron chi connectivity index (χ0n) is 19.6. The number of hydrogen-bond donors (Lipinski definition) is 0. The lowest BCUT2D eigenvalue weighted by Gasteiger charge is -2.54. The fourth-order valence-corrected chi connectivity index (χ4v) is 5.94. The molecular weight excluding hydrogens is 418 g/mol. The lowest BCUT2D eigenvalue weighted by molar-refractivity contribution is -0.00431. The Morgan fingerprint density at radius 2 is 2.06 bits per heavy atom. The van der Waals surface area contributed by atoms with Crippen LogP contribution in [-0.2, 0) is 0 Å². The molecule has 0 aromatic heterocycles. The molecule has 0 aromatic rings. The molecule has 2 heterocycles. The van der Waals surface area contributed by atoms with Gasteiger partial charge in [0.05, 0.1) is 11.4 Å². The van der Waals surface area contributed by atoms with Crippen LogP contribution in [0, 0.1) is 17.3 Å². The van der Waals surface area contributed by atoms with E-state index < -0.39 is 12.0 Å². The van der Waals surface area contributed by atoms with Gasteiger partial charge in [-0.15, -0.1) is 0 Å². The van der Waals surface area contributed by atoms with Crippen LogP contribution in [0.25, 0.3) is 0 Å². The number of alkyl halides is 1.